The molecule has 2 atom stereocenters. The van der Waals surface area contributed by atoms with Gasteiger partial charge in [-0.15, -0.1) is 0 Å². The number of carbonyl (C=O) groups excluding carboxylic acids is 3. The van der Waals surface area contributed by atoms with E-state index < -0.39 is 18.2 Å². The molecule has 4 rings (SSSR count). The number of nitrogens with zero attached hydrogens (tertiary/aromatic N) is 2. The molecule has 3 amide bonds. The van der Waals surface area contributed by atoms with Gasteiger partial charge in [-0.05, 0) is 41.8 Å². The molecule has 186 valence electrons. The van der Waals surface area contributed by atoms with E-state index in [1.54, 1.807) is 42.7 Å². The molecule has 2 unspecified atom stereocenters. The van der Waals surface area contributed by atoms with Gasteiger partial charge in [0.1, 0.15) is 0 Å². The minimum atomic E-state index is -0.870. The van der Waals surface area contributed by atoms with Crippen LogP contribution in [-0.4, -0.2) is 33.8 Å². The number of nitrogens with one attached hydrogen (secondary N) is 2. The molecule has 0 spiro atoms. The monoisotopic (exact) mass is 486 g/mol. The zero-order chi connectivity index (χ0) is 25.7. The van der Waals surface area contributed by atoms with Crippen molar-refractivity contribution in [1.82, 2.24) is 15.2 Å². The van der Waals surface area contributed by atoms with Crippen molar-refractivity contribution in [2.45, 2.75) is 46.0 Å². The first kappa shape index (κ1) is 24.9. The average Bonchev–Trinajstić information content (AvgIpc) is 3.19. The van der Waals surface area contributed by atoms with Crippen LogP contribution in [0.2, 0.25) is 0 Å². The Balaban J connectivity index is 1.58. The zero-order valence-electron chi connectivity index (χ0n) is 20.6. The van der Waals surface area contributed by atoms with Crippen LogP contribution in [0.4, 0.5) is 10.5 Å². The van der Waals surface area contributed by atoms with Crippen molar-refractivity contribution in [3.63, 3.8) is 0 Å². The second-order valence-electron chi connectivity index (χ2n) is 9.21. The van der Waals surface area contributed by atoms with E-state index in [-0.39, 0.29) is 30.8 Å². The number of ether oxygens (including phenoxy) is 1. The summed E-state index contributed by atoms with van der Waals surface area (Å²) >= 11 is 0. The van der Waals surface area contributed by atoms with Crippen LogP contribution in [0.1, 0.15) is 42.2 Å². The van der Waals surface area contributed by atoms with Crippen molar-refractivity contribution < 1.29 is 19.1 Å². The Kier molecular flexibility index (Phi) is 7.63. The molecule has 0 radical (unpaired) electrons. The highest BCUT2D eigenvalue weighted by molar-refractivity contribution is 5.92. The van der Waals surface area contributed by atoms with E-state index in [1.807, 2.05) is 51.1 Å². The van der Waals surface area contributed by atoms with Crippen LogP contribution in [0.15, 0.2) is 73.1 Å². The number of hydrogen-bond donors (Lipinski definition) is 2. The summed E-state index contributed by atoms with van der Waals surface area (Å²) in [7, 11) is 0. The normalized spacial score (nSPS) is 17.1. The minimum absolute atomic E-state index is 0.0907. The Morgan fingerprint density at radius 2 is 1.81 bits per heavy atom. The van der Waals surface area contributed by atoms with E-state index in [1.165, 1.54) is 4.90 Å². The largest absolute Gasteiger partial charge is 0.438 e. The van der Waals surface area contributed by atoms with Crippen molar-refractivity contribution in [2.24, 2.45) is 5.92 Å². The van der Waals surface area contributed by atoms with E-state index >= 15 is 0 Å². The van der Waals surface area contributed by atoms with E-state index in [2.05, 4.69) is 15.6 Å². The lowest BCUT2D eigenvalue weighted by Crippen LogP contribution is -2.46. The molecule has 1 aromatic heterocycles. The highest BCUT2D eigenvalue weighted by Crippen LogP contribution is 2.34. The summed E-state index contributed by atoms with van der Waals surface area (Å²) in [6.07, 6.45) is 2.00. The highest BCUT2D eigenvalue weighted by Gasteiger charge is 2.46. The minimum Gasteiger partial charge on any atom is -0.438 e. The molecule has 2 heterocycles. The van der Waals surface area contributed by atoms with Gasteiger partial charge in [0.15, 0.2) is 12.1 Å². The molecule has 0 bridgehead atoms. The maximum absolute atomic E-state index is 13.4. The fraction of sp³-hybridized carbons (Fsp3) is 0.286. The van der Waals surface area contributed by atoms with Gasteiger partial charge in [0.25, 0.3) is 0 Å². The van der Waals surface area contributed by atoms with Crippen LogP contribution in [0, 0.1) is 12.8 Å². The molecular formula is C28H30N4O4. The Morgan fingerprint density at radius 3 is 2.47 bits per heavy atom. The maximum atomic E-state index is 13.4. The van der Waals surface area contributed by atoms with Crippen molar-refractivity contribution in [3.05, 3.63) is 95.3 Å². The van der Waals surface area contributed by atoms with Gasteiger partial charge >= 0.3 is 6.09 Å². The lowest BCUT2D eigenvalue weighted by atomic mass is 10.00. The zero-order valence-corrected chi connectivity index (χ0v) is 20.6. The molecule has 1 aliphatic rings. The van der Waals surface area contributed by atoms with Gasteiger partial charge in [0, 0.05) is 30.5 Å². The first-order valence-corrected chi connectivity index (χ1v) is 11.9. The van der Waals surface area contributed by atoms with Crippen molar-refractivity contribution >= 4 is 23.6 Å². The first-order valence-electron chi connectivity index (χ1n) is 11.9. The molecule has 8 nitrogen and oxygen atoms in total. The van der Waals surface area contributed by atoms with Crippen LogP contribution in [-0.2, 0) is 27.4 Å². The van der Waals surface area contributed by atoms with Crippen molar-refractivity contribution in [2.75, 3.05) is 5.32 Å². The maximum Gasteiger partial charge on any atom is 0.411 e. The summed E-state index contributed by atoms with van der Waals surface area (Å²) in [6, 6.07) is 17.6. The molecule has 1 saturated heterocycles. The molecule has 2 aromatic carbocycles. The fourth-order valence-electron chi connectivity index (χ4n) is 4.06. The van der Waals surface area contributed by atoms with E-state index in [4.69, 9.17) is 4.74 Å². The lowest BCUT2D eigenvalue weighted by molar-refractivity contribution is -0.126. The summed E-state index contributed by atoms with van der Waals surface area (Å²) in [5.74, 6) is -0.560. The van der Waals surface area contributed by atoms with Gasteiger partial charge in [0.05, 0.1) is 6.54 Å². The average molecular weight is 487 g/mol. The van der Waals surface area contributed by atoms with Gasteiger partial charge < -0.3 is 15.4 Å². The van der Waals surface area contributed by atoms with E-state index in [0.29, 0.717) is 11.3 Å². The number of pyridine rings is 1. The van der Waals surface area contributed by atoms with Crippen molar-refractivity contribution in [3.8, 4) is 0 Å². The van der Waals surface area contributed by atoms with Crippen LogP contribution >= 0.6 is 0 Å². The standard InChI is InChI=1S/C28H30N4O4/c1-18(2)26(33)31-23-11-9-22(10-12-23)25-24(27(34)30-16-21-8-5-13-29-15-21)32(28(35)36-25)17-20-7-4-6-19(3)14-20/h4-15,18,24-25H,16-17H2,1-3H3,(H,30,34)(H,31,33). The number of cyclic esters (lactones) is 1. The Hall–Kier alpha value is -4.20. The SMILES string of the molecule is Cc1cccc(CN2C(=O)OC(c3ccc(NC(=O)C(C)C)cc3)C2C(=O)NCc2cccnc2)c1. The number of rotatable bonds is 8. The number of anilines is 1. The predicted molar refractivity (Wildman–Crippen MR) is 136 cm³/mol. The number of aryl methyl sites for hydroxylation is 1. The number of carbonyl (C=O) groups is 3. The number of hydrogen-bond acceptors (Lipinski definition) is 5. The van der Waals surface area contributed by atoms with Crippen LogP contribution in [0.3, 0.4) is 0 Å². The summed E-state index contributed by atoms with van der Waals surface area (Å²) in [5, 5.41) is 5.77. The summed E-state index contributed by atoms with van der Waals surface area (Å²) in [6.45, 7) is 6.14. The molecule has 2 N–H and O–H groups in total. The molecule has 0 saturated carbocycles. The van der Waals surface area contributed by atoms with E-state index in [0.717, 1.165) is 16.7 Å². The molecule has 3 aromatic rings. The molecule has 0 aliphatic carbocycles. The third kappa shape index (κ3) is 5.89. The predicted octanol–water partition coefficient (Wildman–Crippen LogP) is 4.36. The molecular weight excluding hydrogens is 456 g/mol. The second kappa shape index (κ2) is 11.0. The smallest absolute Gasteiger partial charge is 0.411 e. The van der Waals surface area contributed by atoms with Crippen molar-refractivity contribution in [1.29, 1.82) is 0 Å². The van der Waals surface area contributed by atoms with Gasteiger partial charge in [-0.1, -0.05) is 61.9 Å². The topological polar surface area (TPSA) is 101 Å². The summed E-state index contributed by atoms with van der Waals surface area (Å²) < 4.78 is 5.73. The Labute approximate surface area is 210 Å². The van der Waals surface area contributed by atoms with Gasteiger partial charge in [-0.3, -0.25) is 19.5 Å². The number of benzene rings is 2. The number of aromatic nitrogens is 1. The van der Waals surface area contributed by atoms with Gasteiger partial charge in [-0.2, -0.15) is 0 Å². The Morgan fingerprint density at radius 1 is 1.06 bits per heavy atom. The van der Waals surface area contributed by atoms with E-state index in [9.17, 15) is 14.4 Å². The summed E-state index contributed by atoms with van der Waals surface area (Å²) in [5.41, 5.74) is 4.12. The lowest BCUT2D eigenvalue weighted by Gasteiger charge is -2.24. The summed E-state index contributed by atoms with van der Waals surface area (Å²) in [4.78, 5) is 44.0. The number of amides is 3. The Bertz CT molecular complexity index is 1230. The van der Waals surface area contributed by atoms with Crippen LogP contribution in [0.5, 0.6) is 0 Å². The molecule has 1 aliphatic heterocycles. The van der Waals surface area contributed by atoms with Crippen LogP contribution in [0.25, 0.3) is 0 Å². The fourth-order valence-corrected chi connectivity index (χ4v) is 4.06. The molecule has 36 heavy (non-hydrogen) atoms. The molecule has 1 fully saturated rings. The van der Waals surface area contributed by atoms with Gasteiger partial charge in [0.2, 0.25) is 11.8 Å². The molecule has 8 heteroatoms. The quantitative estimate of drug-likeness (QED) is 0.493. The highest BCUT2D eigenvalue weighted by atomic mass is 16.6. The van der Waals surface area contributed by atoms with Gasteiger partial charge in [-0.25, -0.2) is 4.79 Å². The first-order chi connectivity index (χ1) is 17.3. The third-order valence-corrected chi connectivity index (χ3v) is 6.01. The third-order valence-electron chi connectivity index (χ3n) is 6.01. The van der Waals surface area contributed by atoms with Crippen LogP contribution < -0.4 is 10.6 Å². The second-order valence-corrected chi connectivity index (χ2v) is 9.21.